The molecule has 0 aliphatic carbocycles. The normalized spacial score (nSPS) is 21.4. The van der Waals surface area contributed by atoms with Crippen LogP contribution in [0.1, 0.15) is 55.9 Å². The predicted octanol–water partition coefficient (Wildman–Crippen LogP) is 4.20. The van der Waals surface area contributed by atoms with Crippen LogP contribution >= 0.6 is 11.3 Å². The Bertz CT molecular complexity index is 990. The van der Waals surface area contributed by atoms with E-state index in [1.807, 2.05) is 36.7 Å². The largest absolute Gasteiger partial charge is 0.465 e. The molecular weight excluding hydrogens is 410 g/mol. The second kappa shape index (κ2) is 9.92. The van der Waals surface area contributed by atoms with E-state index in [4.69, 9.17) is 4.74 Å². The number of nitrogens with zero attached hydrogens (tertiary/aromatic N) is 3. The van der Waals surface area contributed by atoms with Crippen LogP contribution in [0.2, 0.25) is 0 Å². The summed E-state index contributed by atoms with van der Waals surface area (Å²) in [6.07, 6.45) is 6.66. The van der Waals surface area contributed by atoms with Gasteiger partial charge < -0.3 is 14.2 Å². The van der Waals surface area contributed by atoms with Crippen molar-refractivity contribution in [2.75, 3.05) is 26.2 Å². The molecule has 1 fully saturated rings. The first-order valence-electron chi connectivity index (χ1n) is 11.3. The Hall–Kier alpha value is -2.25. The molecule has 2 unspecified atom stereocenters. The molecule has 0 radical (unpaired) electrons. The fraction of sp³-hybridized carbons (Fsp3) is 0.542. The number of esters is 1. The number of fused-ring (bicyclic) bond motifs is 1. The number of thiophene rings is 1. The van der Waals surface area contributed by atoms with Crippen molar-refractivity contribution >= 4 is 28.7 Å². The number of carbonyl (C=O) groups is 1. The monoisotopic (exact) mass is 441 g/mol. The SMILES string of the molecule is CCOC(=O)C1C(C)=Nc2ccn(CCCN3CCCCC3)c(=O)c2C1c1cccs1. The van der Waals surface area contributed by atoms with Crippen LogP contribution in [0, 0.1) is 5.92 Å². The molecule has 0 spiro atoms. The zero-order valence-corrected chi connectivity index (χ0v) is 19.2. The van der Waals surface area contributed by atoms with Gasteiger partial charge in [-0.25, -0.2) is 0 Å². The van der Waals surface area contributed by atoms with Gasteiger partial charge in [0.2, 0.25) is 0 Å². The zero-order valence-electron chi connectivity index (χ0n) is 18.4. The van der Waals surface area contributed by atoms with E-state index >= 15 is 0 Å². The van der Waals surface area contributed by atoms with E-state index in [-0.39, 0.29) is 17.4 Å². The quantitative estimate of drug-likeness (QED) is 0.604. The van der Waals surface area contributed by atoms with E-state index in [2.05, 4.69) is 9.89 Å². The molecule has 2 aromatic rings. The lowest BCUT2D eigenvalue weighted by Crippen LogP contribution is -2.38. The van der Waals surface area contributed by atoms with Crippen LogP contribution in [0.15, 0.2) is 39.6 Å². The summed E-state index contributed by atoms with van der Waals surface area (Å²) >= 11 is 1.57. The second-order valence-corrected chi connectivity index (χ2v) is 9.32. The number of aliphatic imine (C=N–C) groups is 1. The van der Waals surface area contributed by atoms with Gasteiger partial charge in [-0.2, -0.15) is 0 Å². The summed E-state index contributed by atoms with van der Waals surface area (Å²) in [6.45, 7) is 7.98. The van der Waals surface area contributed by atoms with Gasteiger partial charge in [-0.1, -0.05) is 12.5 Å². The van der Waals surface area contributed by atoms with Crippen molar-refractivity contribution in [1.29, 1.82) is 0 Å². The van der Waals surface area contributed by atoms with Gasteiger partial charge in [-0.3, -0.25) is 14.6 Å². The number of hydrogen-bond donors (Lipinski definition) is 0. The van der Waals surface area contributed by atoms with Crippen LogP contribution in [0.4, 0.5) is 5.69 Å². The lowest BCUT2D eigenvalue weighted by Gasteiger charge is -2.30. The highest BCUT2D eigenvalue weighted by Crippen LogP contribution is 2.42. The summed E-state index contributed by atoms with van der Waals surface area (Å²) in [4.78, 5) is 34.6. The summed E-state index contributed by atoms with van der Waals surface area (Å²) in [5.74, 6) is -1.23. The van der Waals surface area contributed by atoms with Crippen molar-refractivity contribution in [3.05, 3.63) is 50.6 Å². The molecule has 4 rings (SSSR count). The lowest BCUT2D eigenvalue weighted by atomic mass is 9.79. The van der Waals surface area contributed by atoms with E-state index in [1.54, 1.807) is 22.8 Å². The number of likely N-dealkylation sites (tertiary alicyclic amines) is 1. The van der Waals surface area contributed by atoms with Crippen molar-refractivity contribution in [2.24, 2.45) is 10.9 Å². The zero-order chi connectivity index (χ0) is 21.8. The van der Waals surface area contributed by atoms with Crippen molar-refractivity contribution in [3.63, 3.8) is 0 Å². The molecule has 0 aromatic carbocycles. The number of rotatable bonds is 7. The molecular formula is C24H31N3O3S. The maximum absolute atomic E-state index is 13.6. The maximum Gasteiger partial charge on any atom is 0.315 e. The van der Waals surface area contributed by atoms with Gasteiger partial charge in [0.05, 0.1) is 17.9 Å². The molecule has 0 N–H and O–H groups in total. The van der Waals surface area contributed by atoms with E-state index in [9.17, 15) is 9.59 Å². The highest BCUT2D eigenvalue weighted by molar-refractivity contribution is 7.10. The molecule has 0 saturated carbocycles. The van der Waals surface area contributed by atoms with E-state index in [0.717, 1.165) is 30.9 Å². The number of aromatic nitrogens is 1. The molecule has 1 saturated heterocycles. The van der Waals surface area contributed by atoms with Gasteiger partial charge in [0.15, 0.2) is 0 Å². The van der Waals surface area contributed by atoms with Gasteiger partial charge >= 0.3 is 5.97 Å². The van der Waals surface area contributed by atoms with E-state index in [0.29, 0.717) is 30.1 Å². The number of aryl methyl sites for hydroxylation is 1. The first kappa shape index (κ1) is 22.0. The number of ether oxygens (including phenoxy) is 1. The van der Waals surface area contributed by atoms with Crippen LogP contribution in [0.5, 0.6) is 0 Å². The average molecular weight is 442 g/mol. The van der Waals surface area contributed by atoms with Crippen LogP contribution in [0.3, 0.4) is 0 Å². The van der Waals surface area contributed by atoms with Crippen molar-refractivity contribution < 1.29 is 9.53 Å². The summed E-state index contributed by atoms with van der Waals surface area (Å²) in [6, 6.07) is 5.88. The molecule has 2 aliphatic rings. The molecule has 31 heavy (non-hydrogen) atoms. The summed E-state index contributed by atoms with van der Waals surface area (Å²) < 4.78 is 7.16. The highest BCUT2D eigenvalue weighted by atomic mass is 32.1. The molecule has 6 nitrogen and oxygen atoms in total. The third-order valence-corrected chi connectivity index (χ3v) is 7.24. The molecule has 2 aromatic heterocycles. The van der Waals surface area contributed by atoms with Crippen molar-refractivity contribution in [3.8, 4) is 0 Å². The Balaban J connectivity index is 1.64. The highest BCUT2D eigenvalue weighted by Gasteiger charge is 2.41. The fourth-order valence-electron chi connectivity index (χ4n) is 4.78. The predicted molar refractivity (Wildman–Crippen MR) is 125 cm³/mol. The minimum absolute atomic E-state index is 0.0416. The fourth-order valence-corrected chi connectivity index (χ4v) is 5.65. The summed E-state index contributed by atoms with van der Waals surface area (Å²) in [5, 5.41) is 1.98. The molecule has 4 heterocycles. The van der Waals surface area contributed by atoms with E-state index < -0.39 is 5.92 Å². The Morgan fingerprint density at radius 1 is 1.23 bits per heavy atom. The minimum Gasteiger partial charge on any atom is -0.465 e. The van der Waals surface area contributed by atoms with Gasteiger partial charge in [0, 0.05) is 29.2 Å². The Morgan fingerprint density at radius 3 is 2.74 bits per heavy atom. The number of pyridine rings is 1. The number of hydrogen-bond acceptors (Lipinski definition) is 6. The summed E-state index contributed by atoms with van der Waals surface area (Å²) in [7, 11) is 0. The Kier molecular flexibility index (Phi) is 7.02. The Morgan fingerprint density at radius 2 is 2.03 bits per heavy atom. The third kappa shape index (κ3) is 4.67. The van der Waals surface area contributed by atoms with Crippen LogP contribution in [0.25, 0.3) is 0 Å². The van der Waals surface area contributed by atoms with Crippen LogP contribution in [-0.2, 0) is 16.1 Å². The van der Waals surface area contributed by atoms with Crippen molar-refractivity contribution in [1.82, 2.24) is 9.47 Å². The molecule has 0 amide bonds. The van der Waals surface area contributed by atoms with Gasteiger partial charge in [-0.15, -0.1) is 11.3 Å². The lowest BCUT2D eigenvalue weighted by molar-refractivity contribution is -0.146. The molecule has 7 heteroatoms. The standard InChI is InChI=1S/C24H31N3O3S/c1-3-30-24(29)20-17(2)25-18-10-15-27(14-8-13-26-11-5-4-6-12-26)23(28)21(18)22(20)19-9-7-16-31-19/h7,9-10,15-16,20,22H,3-6,8,11-14H2,1-2H3. The Labute approximate surface area is 187 Å². The van der Waals surface area contributed by atoms with Crippen molar-refractivity contribution in [2.45, 2.75) is 52.0 Å². The molecule has 2 atom stereocenters. The molecule has 2 aliphatic heterocycles. The minimum atomic E-state index is -0.567. The average Bonchev–Trinajstić information content (AvgIpc) is 3.30. The summed E-state index contributed by atoms with van der Waals surface area (Å²) in [5.41, 5.74) is 1.95. The van der Waals surface area contributed by atoms with Gasteiger partial charge in [0.25, 0.3) is 5.56 Å². The topological polar surface area (TPSA) is 63.9 Å². The third-order valence-electron chi connectivity index (χ3n) is 6.28. The molecule has 166 valence electrons. The maximum atomic E-state index is 13.6. The van der Waals surface area contributed by atoms with Crippen LogP contribution < -0.4 is 5.56 Å². The smallest absolute Gasteiger partial charge is 0.315 e. The van der Waals surface area contributed by atoms with Crippen LogP contribution in [-0.4, -0.2) is 47.4 Å². The van der Waals surface area contributed by atoms with E-state index in [1.165, 1.54) is 19.3 Å². The molecule has 0 bridgehead atoms. The first-order valence-corrected chi connectivity index (χ1v) is 12.2. The number of carbonyl (C=O) groups excluding carboxylic acids is 1. The number of piperidine rings is 1. The second-order valence-electron chi connectivity index (χ2n) is 8.35. The first-order chi connectivity index (χ1) is 15.1. The van der Waals surface area contributed by atoms with Gasteiger partial charge in [-0.05, 0) is 70.3 Å². The van der Waals surface area contributed by atoms with Gasteiger partial charge in [0.1, 0.15) is 5.92 Å².